The first-order valence-corrected chi connectivity index (χ1v) is 11.3. The van der Waals surface area contributed by atoms with Gasteiger partial charge in [0.2, 0.25) is 23.6 Å². The normalized spacial score (nSPS) is 13.5. The van der Waals surface area contributed by atoms with Crippen LogP contribution in [0.1, 0.15) is 38.5 Å². The van der Waals surface area contributed by atoms with Crippen LogP contribution in [0.15, 0.2) is 0 Å². The fourth-order valence-corrected chi connectivity index (χ4v) is 2.99. The van der Waals surface area contributed by atoms with Crippen LogP contribution in [0.5, 0.6) is 0 Å². The van der Waals surface area contributed by atoms with Crippen molar-refractivity contribution >= 4 is 41.4 Å². The quantitative estimate of drug-likeness (QED) is 0.115. The molecule has 12 nitrogen and oxygen atoms in total. The monoisotopic (exact) mass is 462 g/mol. The summed E-state index contributed by atoms with van der Waals surface area (Å²) in [6.45, 7) is -0.0687. The molecule has 0 fully saturated rings. The van der Waals surface area contributed by atoms with Gasteiger partial charge in [-0.05, 0) is 50.7 Å². The lowest BCUT2D eigenvalue weighted by atomic mass is 10.1. The number of thioether (sulfide) groups is 1. The summed E-state index contributed by atoms with van der Waals surface area (Å²) >= 11 is 1.55. The number of carbonyl (C=O) groups excluding carboxylic acids is 4. The molecule has 0 saturated heterocycles. The Morgan fingerprint density at radius 2 is 1.65 bits per heavy atom. The molecule has 0 aliphatic rings. The van der Waals surface area contributed by atoms with E-state index in [1.165, 1.54) is 0 Å². The fourth-order valence-electron chi connectivity index (χ4n) is 2.50. The first kappa shape index (κ1) is 28.6. The van der Waals surface area contributed by atoms with E-state index in [-0.39, 0.29) is 12.8 Å². The summed E-state index contributed by atoms with van der Waals surface area (Å²) in [5, 5.41) is 16.3. The Labute approximate surface area is 185 Å². The van der Waals surface area contributed by atoms with Gasteiger partial charge >= 0.3 is 5.97 Å². The zero-order valence-electron chi connectivity index (χ0n) is 17.7. The summed E-state index contributed by atoms with van der Waals surface area (Å²) in [7, 11) is 0. The summed E-state index contributed by atoms with van der Waals surface area (Å²) in [5.41, 5.74) is 16.3. The van der Waals surface area contributed by atoms with Gasteiger partial charge in [0.05, 0.1) is 12.6 Å². The average molecular weight is 463 g/mol. The molecule has 0 aromatic carbocycles. The molecule has 31 heavy (non-hydrogen) atoms. The van der Waals surface area contributed by atoms with Crippen LogP contribution in [-0.2, 0) is 24.0 Å². The van der Waals surface area contributed by atoms with Crippen molar-refractivity contribution < 1.29 is 29.1 Å². The maximum absolute atomic E-state index is 12.5. The Kier molecular flexibility index (Phi) is 15.1. The van der Waals surface area contributed by atoms with Gasteiger partial charge in [0, 0.05) is 6.42 Å². The standard InChI is InChI=1S/C18H34N6O6S/c1-31-9-7-11(20)16(27)24-12(4-2-3-8-19)17(28)22-10-15(26)23-13(18(29)30)5-6-14(21)25/h11-13H,2-10,19-20H2,1H3,(H2,21,25)(H,22,28)(H,23,26)(H,24,27)(H,29,30). The zero-order valence-corrected chi connectivity index (χ0v) is 18.5. The molecule has 0 radical (unpaired) electrons. The van der Waals surface area contributed by atoms with Gasteiger partial charge in [-0.3, -0.25) is 19.2 Å². The number of primary amides is 1. The molecule has 4 amide bonds. The molecule has 13 heteroatoms. The number of amides is 4. The molecule has 0 spiro atoms. The van der Waals surface area contributed by atoms with E-state index in [2.05, 4.69) is 16.0 Å². The van der Waals surface area contributed by atoms with E-state index in [1.54, 1.807) is 11.8 Å². The molecule has 0 aliphatic heterocycles. The van der Waals surface area contributed by atoms with Crippen molar-refractivity contribution in [3.63, 3.8) is 0 Å². The van der Waals surface area contributed by atoms with Crippen molar-refractivity contribution in [2.24, 2.45) is 17.2 Å². The molecular weight excluding hydrogens is 428 g/mol. The average Bonchev–Trinajstić information content (AvgIpc) is 2.71. The Bertz CT molecular complexity index is 620. The first-order chi connectivity index (χ1) is 14.6. The van der Waals surface area contributed by atoms with Crippen LogP contribution in [0, 0.1) is 0 Å². The second-order valence-electron chi connectivity index (χ2n) is 6.91. The van der Waals surface area contributed by atoms with Crippen LogP contribution in [0.4, 0.5) is 0 Å². The Balaban J connectivity index is 4.80. The minimum Gasteiger partial charge on any atom is -0.480 e. The van der Waals surface area contributed by atoms with Gasteiger partial charge in [0.15, 0.2) is 0 Å². The number of nitrogens with two attached hydrogens (primary N) is 3. The minimum atomic E-state index is -1.33. The number of carboxylic acid groups (broad SMARTS) is 1. The molecule has 0 aromatic rings. The second-order valence-corrected chi connectivity index (χ2v) is 7.90. The topological polar surface area (TPSA) is 220 Å². The number of unbranched alkanes of at least 4 members (excludes halogenated alkanes) is 1. The Hall–Kier alpha value is -2.38. The number of carbonyl (C=O) groups is 5. The Morgan fingerprint density at radius 3 is 2.19 bits per heavy atom. The highest BCUT2D eigenvalue weighted by atomic mass is 32.2. The summed E-state index contributed by atoms with van der Waals surface area (Å²) in [6, 6.07) is -2.98. The van der Waals surface area contributed by atoms with E-state index in [9.17, 15) is 24.0 Å². The lowest BCUT2D eigenvalue weighted by Crippen LogP contribution is -2.53. The van der Waals surface area contributed by atoms with Gasteiger partial charge in [-0.2, -0.15) is 11.8 Å². The molecular formula is C18H34N6O6S. The van der Waals surface area contributed by atoms with E-state index < -0.39 is 54.3 Å². The predicted molar refractivity (Wildman–Crippen MR) is 117 cm³/mol. The molecule has 178 valence electrons. The molecule has 0 heterocycles. The van der Waals surface area contributed by atoms with Gasteiger partial charge in [0.25, 0.3) is 0 Å². The largest absolute Gasteiger partial charge is 0.480 e. The highest BCUT2D eigenvalue weighted by Crippen LogP contribution is 2.04. The van der Waals surface area contributed by atoms with Crippen LogP contribution in [0.25, 0.3) is 0 Å². The summed E-state index contributed by atoms with van der Waals surface area (Å²) in [5.74, 6) is -3.15. The van der Waals surface area contributed by atoms with Crippen LogP contribution in [-0.4, -0.2) is 77.9 Å². The van der Waals surface area contributed by atoms with Crippen molar-refractivity contribution in [2.45, 2.75) is 56.7 Å². The van der Waals surface area contributed by atoms with Gasteiger partial charge in [-0.25, -0.2) is 4.79 Å². The van der Waals surface area contributed by atoms with E-state index in [0.717, 1.165) is 0 Å². The van der Waals surface area contributed by atoms with Crippen molar-refractivity contribution in [2.75, 3.05) is 25.1 Å². The minimum absolute atomic E-state index is 0.171. The van der Waals surface area contributed by atoms with Crippen molar-refractivity contribution in [3.8, 4) is 0 Å². The fraction of sp³-hybridized carbons (Fsp3) is 0.722. The molecule has 0 aliphatic carbocycles. The number of nitrogens with one attached hydrogen (secondary N) is 3. The van der Waals surface area contributed by atoms with Gasteiger partial charge in [-0.15, -0.1) is 0 Å². The van der Waals surface area contributed by atoms with Crippen molar-refractivity contribution in [1.82, 2.24) is 16.0 Å². The molecule has 0 bridgehead atoms. The van der Waals surface area contributed by atoms with Gasteiger partial charge in [-0.1, -0.05) is 0 Å². The van der Waals surface area contributed by atoms with Crippen LogP contribution in [0.3, 0.4) is 0 Å². The molecule has 0 saturated carbocycles. The van der Waals surface area contributed by atoms with E-state index in [1.807, 2.05) is 6.26 Å². The molecule has 0 aromatic heterocycles. The maximum atomic E-state index is 12.5. The third kappa shape index (κ3) is 13.5. The number of aliphatic carboxylic acids is 1. The number of hydrogen-bond acceptors (Lipinski definition) is 8. The van der Waals surface area contributed by atoms with E-state index in [0.29, 0.717) is 38.0 Å². The lowest BCUT2D eigenvalue weighted by molar-refractivity contribution is -0.142. The molecule has 3 atom stereocenters. The Morgan fingerprint density at radius 1 is 0.968 bits per heavy atom. The maximum Gasteiger partial charge on any atom is 0.326 e. The highest BCUT2D eigenvalue weighted by Gasteiger charge is 2.25. The third-order valence-corrected chi connectivity index (χ3v) is 4.93. The molecule has 3 unspecified atom stereocenters. The van der Waals surface area contributed by atoms with Crippen molar-refractivity contribution in [3.05, 3.63) is 0 Å². The van der Waals surface area contributed by atoms with Crippen molar-refractivity contribution in [1.29, 1.82) is 0 Å². The van der Waals surface area contributed by atoms with Crippen LogP contribution in [0.2, 0.25) is 0 Å². The zero-order chi connectivity index (χ0) is 23.8. The number of rotatable bonds is 17. The summed E-state index contributed by atoms with van der Waals surface area (Å²) in [4.78, 5) is 58.7. The van der Waals surface area contributed by atoms with E-state index in [4.69, 9.17) is 22.3 Å². The van der Waals surface area contributed by atoms with Gasteiger partial charge < -0.3 is 38.3 Å². The van der Waals surface area contributed by atoms with Crippen LogP contribution < -0.4 is 33.2 Å². The SMILES string of the molecule is CSCCC(N)C(=O)NC(CCCCN)C(=O)NCC(=O)NC(CCC(N)=O)C(=O)O. The number of carboxylic acids is 1. The highest BCUT2D eigenvalue weighted by molar-refractivity contribution is 7.98. The smallest absolute Gasteiger partial charge is 0.326 e. The molecule has 0 rings (SSSR count). The van der Waals surface area contributed by atoms with E-state index >= 15 is 0 Å². The molecule has 10 N–H and O–H groups in total. The first-order valence-electron chi connectivity index (χ1n) is 9.95. The predicted octanol–water partition coefficient (Wildman–Crippen LogP) is -2.37. The number of hydrogen-bond donors (Lipinski definition) is 7. The summed E-state index contributed by atoms with van der Waals surface area (Å²) in [6.07, 6.45) is 3.50. The third-order valence-electron chi connectivity index (χ3n) is 4.29. The summed E-state index contributed by atoms with van der Waals surface area (Å²) < 4.78 is 0. The van der Waals surface area contributed by atoms with Crippen LogP contribution >= 0.6 is 11.8 Å². The lowest BCUT2D eigenvalue weighted by Gasteiger charge is -2.21. The van der Waals surface area contributed by atoms with Gasteiger partial charge in [0.1, 0.15) is 12.1 Å². The second kappa shape index (κ2) is 16.3.